The molecule has 0 atom stereocenters. The van der Waals surface area contributed by atoms with Crippen LogP contribution in [0, 0.1) is 0 Å². The van der Waals surface area contributed by atoms with Crippen molar-refractivity contribution in [1.82, 2.24) is 4.98 Å². The Labute approximate surface area is 71.2 Å². The van der Waals surface area contributed by atoms with E-state index >= 15 is 0 Å². The predicted octanol–water partition coefficient (Wildman–Crippen LogP) is 0.716. The maximum Gasteiger partial charge on any atom is 0.211 e. The third-order valence-electron chi connectivity index (χ3n) is 1.49. The van der Waals surface area contributed by atoms with Crippen LogP contribution in [0.1, 0.15) is 0 Å². The van der Waals surface area contributed by atoms with Gasteiger partial charge in [-0.05, 0) is 6.07 Å². The predicted molar refractivity (Wildman–Crippen MR) is 48.3 cm³/mol. The molecule has 1 heterocycles. The molecule has 0 aliphatic heterocycles. The van der Waals surface area contributed by atoms with Crippen LogP contribution in [0.2, 0.25) is 0 Å². The first-order chi connectivity index (χ1) is 5.75. The van der Waals surface area contributed by atoms with Gasteiger partial charge in [0.15, 0.2) is 0 Å². The highest BCUT2D eigenvalue weighted by atomic mass is 16.1. The Bertz CT molecular complexity index is 273. The van der Waals surface area contributed by atoms with Gasteiger partial charge in [0.05, 0.1) is 17.6 Å². The molecule has 0 bridgehead atoms. The van der Waals surface area contributed by atoms with Gasteiger partial charge in [0.25, 0.3) is 0 Å². The molecule has 0 unspecified atom stereocenters. The Kier molecular flexibility index (Phi) is 2.63. The van der Waals surface area contributed by atoms with E-state index < -0.39 is 0 Å². The van der Waals surface area contributed by atoms with Crippen LogP contribution in [-0.4, -0.2) is 25.5 Å². The Morgan fingerprint density at radius 3 is 2.92 bits per heavy atom. The van der Waals surface area contributed by atoms with E-state index in [1.807, 2.05) is 25.1 Å². The molecule has 1 N–H and O–H groups in total. The molecule has 1 aromatic heterocycles. The van der Waals surface area contributed by atoms with Crippen LogP contribution in [0.3, 0.4) is 0 Å². The second-order valence-corrected chi connectivity index (χ2v) is 2.55. The number of carbonyl (C=O) groups excluding carboxylic acids is 1. The highest BCUT2D eigenvalue weighted by Crippen LogP contribution is 2.20. The minimum absolute atomic E-state index is 0.643. The summed E-state index contributed by atoms with van der Waals surface area (Å²) in [5, 5.41) is 2.57. The number of aromatic nitrogens is 1. The Morgan fingerprint density at radius 2 is 2.33 bits per heavy atom. The van der Waals surface area contributed by atoms with E-state index in [1.54, 1.807) is 12.4 Å². The van der Waals surface area contributed by atoms with Crippen LogP contribution in [0.15, 0.2) is 18.5 Å². The summed E-state index contributed by atoms with van der Waals surface area (Å²) in [4.78, 5) is 16.0. The molecule has 0 spiro atoms. The maximum atomic E-state index is 10.2. The number of carbonyl (C=O) groups is 1. The van der Waals surface area contributed by atoms with Crippen LogP contribution < -0.4 is 10.2 Å². The van der Waals surface area contributed by atoms with Crippen LogP contribution in [0.5, 0.6) is 0 Å². The van der Waals surface area contributed by atoms with Crippen LogP contribution in [0.25, 0.3) is 0 Å². The lowest BCUT2D eigenvalue weighted by molar-refractivity contribution is -0.105. The third kappa shape index (κ3) is 1.72. The van der Waals surface area contributed by atoms with E-state index in [2.05, 4.69) is 10.3 Å². The highest BCUT2D eigenvalue weighted by Gasteiger charge is 2.01. The van der Waals surface area contributed by atoms with Crippen molar-refractivity contribution in [1.29, 1.82) is 0 Å². The lowest BCUT2D eigenvalue weighted by Crippen LogP contribution is -2.11. The van der Waals surface area contributed by atoms with Crippen molar-refractivity contribution in [3.05, 3.63) is 18.5 Å². The number of nitrogens with one attached hydrogen (secondary N) is 1. The molecule has 1 amide bonds. The quantitative estimate of drug-likeness (QED) is 0.671. The van der Waals surface area contributed by atoms with Gasteiger partial charge in [0.1, 0.15) is 0 Å². The fourth-order valence-corrected chi connectivity index (χ4v) is 0.952. The van der Waals surface area contributed by atoms with Gasteiger partial charge in [-0.1, -0.05) is 0 Å². The number of nitrogens with zero attached hydrogens (tertiary/aromatic N) is 2. The minimum atomic E-state index is 0.643. The molecule has 1 aromatic rings. The fourth-order valence-electron chi connectivity index (χ4n) is 0.952. The summed E-state index contributed by atoms with van der Waals surface area (Å²) in [6.07, 6.45) is 3.94. The van der Waals surface area contributed by atoms with Crippen LogP contribution in [-0.2, 0) is 4.79 Å². The van der Waals surface area contributed by atoms with E-state index in [9.17, 15) is 4.79 Å². The second-order valence-electron chi connectivity index (χ2n) is 2.55. The van der Waals surface area contributed by atoms with E-state index in [-0.39, 0.29) is 0 Å². The molecule has 0 aliphatic rings. The molecule has 0 aliphatic carbocycles. The maximum absolute atomic E-state index is 10.2. The molecule has 0 fully saturated rings. The number of hydrogen-bond donors (Lipinski definition) is 1. The van der Waals surface area contributed by atoms with Gasteiger partial charge >= 0.3 is 0 Å². The van der Waals surface area contributed by atoms with Crippen molar-refractivity contribution in [2.75, 3.05) is 24.3 Å². The van der Waals surface area contributed by atoms with Gasteiger partial charge in [-0.25, -0.2) is 0 Å². The fraction of sp³-hybridized carbons (Fsp3) is 0.250. The van der Waals surface area contributed by atoms with Crippen molar-refractivity contribution < 1.29 is 4.79 Å². The summed E-state index contributed by atoms with van der Waals surface area (Å²) in [5.41, 5.74) is 1.66. The van der Waals surface area contributed by atoms with Crippen molar-refractivity contribution in [2.24, 2.45) is 0 Å². The van der Waals surface area contributed by atoms with Crippen molar-refractivity contribution in [2.45, 2.75) is 0 Å². The summed E-state index contributed by atoms with van der Waals surface area (Å²) < 4.78 is 0. The molecule has 4 heteroatoms. The molecule has 0 saturated carbocycles. The van der Waals surface area contributed by atoms with Gasteiger partial charge in [0, 0.05) is 20.3 Å². The topological polar surface area (TPSA) is 45.2 Å². The SMILES string of the molecule is CN(C)c1ccncc1NC=O. The first kappa shape index (κ1) is 8.52. The molecular weight excluding hydrogens is 154 g/mol. The largest absolute Gasteiger partial charge is 0.376 e. The van der Waals surface area contributed by atoms with E-state index in [0.717, 1.165) is 11.4 Å². The van der Waals surface area contributed by atoms with E-state index in [4.69, 9.17) is 0 Å². The van der Waals surface area contributed by atoms with Gasteiger partial charge < -0.3 is 10.2 Å². The number of pyridine rings is 1. The smallest absolute Gasteiger partial charge is 0.211 e. The third-order valence-corrected chi connectivity index (χ3v) is 1.49. The van der Waals surface area contributed by atoms with Crippen LogP contribution in [0.4, 0.5) is 11.4 Å². The van der Waals surface area contributed by atoms with Gasteiger partial charge in [-0.2, -0.15) is 0 Å². The zero-order valence-electron chi connectivity index (χ0n) is 7.11. The number of rotatable bonds is 3. The average molecular weight is 165 g/mol. The van der Waals surface area contributed by atoms with E-state index in [1.165, 1.54) is 0 Å². The molecule has 12 heavy (non-hydrogen) atoms. The lowest BCUT2D eigenvalue weighted by atomic mass is 10.3. The van der Waals surface area contributed by atoms with Gasteiger partial charge in [-0.15, -0.1) is 0 Å². The Morgan fingerprint density at radius 1 is 1.58 bits per heavy atom. The molecule has 0 aromatic carbocycles. The zero-order chi connectivity index (χ0) is 8.97. The van der Waals surface area contributed by atoms with Crippen molar-refractivity contribution in [3.8, 4) is 0 Å². The molecule has 1 rings (SSSR count). The number of hydrogen-bond acceptors (Lipinski definition) is 3. The van der Waals surface area contributed by atoms with Gasteiger partial charge in [-0.3, -0.25) is 9.78 Å². The van der Waals surface area contributed by atoms with E-state index in [0.29, 0.717) is 6.41 Å². The highest BCUT2D eigenvalue weighted by molar-refractivity contribution is 5.80. The molecule has 64 valence electrons. The summed E-state index contributed by atoms with van der Waals surface area (Å²) in [6.45, 7) is 0. The Balaban J connectivity index is 2.99. The first-order valence-corrected chi connectivity index (χ1v) is 3.57. The summed E-state index contributed by atoms with van der Waals surface area (Å²) in [5.74, 6) is 0. The molecular formula is C8H11N3O. The standard InChI is InChI=1S/C8H11N3O/c1-11(2)8-3-4-9-5-7(8)10-6-12/h3-6H,1-2H3,(H,10,12). The summed E-state index contributed by atoms with van der Waals surface area (Å²) in [6, 6.07) is 1.84. The van der Waals surface area contributed by atoms with Gasteiger partial charge in [0.2, 0.25) is 6.41 Å². The summed E-state index contributed by atoms with van der Waals surface area (Å²) in [7, 11) is 3.82. The average Bonchev–Trinajstić information content (AvgIpc) is 2.05. The zero-order valence-corrected chi connectivity index (χ0v) is 7.11. The Hall–Kier alpha value is -1.58. The number of amides is 1. The summed E-state index contributed by atoms with van der Waals surface area (Å²) >= 11 is 0. The minimum Gasteiger partial charge on any atom is -0.376 e. The monoisotopic (exact) mass is 165 g/mol. The second kappa shape index (κ2) is 3.71. The van der Waals surface area contributed by atoms with Crippen LogP contribution >= 0.6 is 0 Å². The number of anilines is 2. The first-order valence-electron chi connectivity index (χ1n) is 3.57. The van der Waals surface area contributed by atoms with Crippen molar-refractivity contribution in [3.63, 3.8) is 0 Å². The molecule has 0 radical (unpaired) electrons. The molecule has 0 saturated heterocycles. The normalized spacial score (nSPS) is 9.17. The molecule has 4 nitrogen and oxygen atoms in total. The lowest BCUT2D eigenvalue weighted by Gasteiger charge is -2.15. The van der Waals surface area contributed by atoms with Crippen molar-refractivity contribution >= 4 is 17.8 Å².